The van der Waals surface area contributed by atoms with E-state index in [1.54, 1.807) is 0 Å². The van der Waals surface area contributed by atoms with E-state index < -0.39 is 6.10 Å². The molecule has 1 fully saturated rings. The van der Waals surface area contributed by atoms with Crippen molar-refractivity contribution < 1.29 is 9.53 Å². The Morgan fingerprint density at radius 2 is 2.19 bits per heavy atom. The fourth-order valence-corrected chi connectivity index (χ4v) is 2.00. The summed E-state index contributed by atoms with van der Waals surface area (Å²) < 4.78 is 5.00. The zero-order valence-electron chi connectivity index (χ0n) is 10.2. The van der Waals surface area contributed by atoms with E-state index in [-0.39, 0.29) is 18.5 Å². The van der Waals surface area contributed by atoms with Crippen LogP contribution < -0.4 is 11.1 Å². The number of piperidine rings is 1. The Labute approximate surface area is 97.3 Å². The highest BCUT2D eigenvalue weighted by Crippen LogP contribution is 2.09. The van der Waals surface area contributed by atoms with Crippen LogP contribution in [-0.2, 0) is 9.53 Å². The van der Waals surface area contributed by atoms with Crippen molar-refractivity contribution in [3.05, 3.63) is 0 Å². The Bertz CT molecular complexity index is 211. The number of hydrogen-bond acceptors (Lipinski definition) is 4. The Balaban J connectivity index is 2.30. The van der Waals surface area contributed by atoms with Crippen LogP contribution in [0.5, 0.6) is 0 Å². The Kier molecular flexibility index (Phi) is 5.73. The second kappa shape index (κ2) is 6.83. The first-order chi connectivity index (χ1) is 7.71. The minimum absolute atomic E-state index is 0.0834. The Morgan fingerprint density at radius 1 is 1.56 bits per heavy atom. The standard InChI is InChI=1S/C11H23N3O2/c1-3-14-6-4-9(5-7-14)13-11(15)10(8-12)16-2/h9-10H,3-8,12H2,1-2H3,(H,13,15). The highest BCUT2D eigenvalue weighted by Gasteiger charge is 2.23. The largest absolute Gasteiger partial charge is 0.370 e. The Morgan fingerprint density at radius 3 is 2.62 bits per heavy atom. The molecule has 1 unspecified atom stereocenters. The van der Waals surface area contributed by atoms with Crippen LogP contribution in [0.4, 0.5) is 0 Å². The van der Waals surface area contributed by atoms with Crippen LogP contribution in [0, 0.1) is 0 Å². The van der Waals surface area contributed by atoms with Crippen LogP contribution in [0.3, 0.4) is 0 Å². The monoisotopic (exact) mass is 229 g/mol. The molecule has 1 rings (SSSR count). The van der Waals surface area contributed by atoms with Crippen LogP contribution in [0.2, 0.25) is 0 Å². The molecule has 0 aromatic carbocycles. The lowest BCUT2D eigenvalue weighted by Crippen LogP contribution is -2.49. The molecule has 94 valence electrons. The van der Waals surface area contributed by atoms with Crippen molar-refractivity contribution in [2.45, 2.75) is 31.9 Å². The van der Waals surface area contributed by atoms with Gasteiger partial charge in [0.1, 0.15) is 6.10 Å². The second-order valence-corrected chi connectivity index (χ2v) is 4.18. The van der Waals surface area contributed by atoms with Crippen LogP contribution in [0.25, 0.3) is 0 Å². The molecule has 5 heteroatoms. The van der Waals surface area contributed by atoms with Crippen molar-refractivity contribution >= 4 is 5.91 Å². The second-order valence-electron chi connectivity index (χ2n) is 4.18. The molecular formula is C11H23N3O2. The molecule has 0 aliphatic carbocycles. The van der Waals surface area contributed by atoms with E-state index in [2.05, 4.69) is 17.1 Å². The number of likely N-dealkylation sites (tertiary alicyclic amines) is 1. The van der Waals surface area contributed by atoms with E-state index >= 15 is 0 Å². The molecule has 0 aromatic rings. The Hall–Kier alpha value is -0.650. The van der Waals surface area contributed by atoms with Gasteiger partial charge in [-0.2, -0.15) is 0 Å². The summed E-state index contributed by atoms with van der Waals surface area (Å²) in [6, 6.07) is 0.277. The summed E-state index contributed by atoms with van der Waals surface area (Å²) in [5.74, 6) is -0.0834. The van der Waals surface area contributed by atoms with Crippen LogP contribution in [0.1, 0.15) is 19.8 Å². The molecule has 1 saturated heterocycles. The number of carbonyl (C=O) groups excluding carboxylic acids is 1. The molecule has 0 spiro atoms. The number of hydrogen-bond donors (Lipinski definition) is 2. The fourth-order valence-electron chi connectivity index (χ4n) is 2.00. The van der Waals surface area contributed by atoms with E-state index in [1.807, 2.05) is 0 Å². The minimum Gasteiger partial charge on any atom is -0.370 e. The van der Waals surface area contributed by atoms with Gasteiger partial charge < -0.3 is 20.7 Å². The lowest BCUT2D eigenvalue weighted by molar-refractivity contribution is -0.131. The van der Waals surface area contributed by atoms with Crippen molar-refractivity contribution in [3.8, 4) is 0 Å². The quantitative estimate of drug-likeness (QED) is 0.671. The van der Waals surface area contributed by atoms with Gasteiger partial charge in [-0.25, -0.2) is 0 Å². The maximum Gasteiger partial charge on any atom is 0.250 e. The molecule has 1 aliphatic rings. The van der Waals surface area contributed by atoms with Crippen molar-refractivity contribution in [1.29, 1.82) is 0 Å². The summed E-state index contributed by atoms with van der Waals surface area (Å²) in [7, 11) is 1.51. The first kappa shape index (κ1) is 13.4. The van der Waals surface area contributed by atoms with Gasteiger partial charge in [0.15, 0.2) is 0 Å². The number of nitrogens with two attached hydrogens (primary N) is 1. The number of rotatable bonds is 5. The average molecular weight is 229 g/mol. The SMILES string of the molecule is CCN1CCC(NC(=O)C(CN)OC)CC1. The molecule has 0 radical (unpaired) electrons. The first-order valence-corrected chi connectivity index (χ1v) is 5.96. The van der Waals surface area contributed by atoms with Gasteiger partial charge in [-0.1, -0.05) is 6.92 Å². The van der Waals surface area contributed by atoms with E-state index in [9.17, 15) is 4.79 Å². The van der Waals surface area contributed by atoms with Crippen LogP contribution in [0.15, 0.2) is 0 Å². The molecule has 3 N–H and O–H groups in total. The van der Waals surface area contributed by atoms with E-state index in [1.165, 1.54) is 7.11 Å². The third-order valence-corrected chi connectivity index (χ3v) is 3.17. The number of amides is 1. The fraction of sp³-hybridized carbons (Fsp3) is 0.909. The van der Waals surface area contributed by atoms with E-state index in [4.69, 9.17) is 10.5 Å². The normalized spacial score (nSPS) is 20.7. The predicted octanol–water partition coefficient (Wildman–Crippen LogP) is -0.439. The van der Waals surface area contributed by atoms with Crippen LogP contribution >= 0.6 is 0 Å². The number of nitrogens with zero attached hydrogens (tertiary/aromatic N) is 1. The summed E-state index contributed by atoms with van der Waals surface area (Å²) in [4.78, 5) is 14.1. The lowest BCUT2D eigenvalue weighted by Gasteiger charge is -2.32. The van der Waals surface area contributed by atoms with Crippen molar-refractivity contribution in [2.75, 3.05) is 33.3 Å². The number of nitrogens with one attached hydrogen (secondary N) is 1. The first-order valence-electron chi connectivity index (χ1n) is 5.96. The van der Waals surface area contributed by atoms with Crippen molar-refractivity contribution in [3.63, 3.8) is 0 Å². The third-order valence-electron chi connectivity index (χ3n) is 3.17. The molecule has 1 atom stereocenters. The zero-order chi connectivity index (χ0) is 12.0. The molecule has 0 saturated carbocycles. The zero-order valence-corrected chi connectivity index (χ0v) is 10.2. The molecular weight excluding hydrogens is 206 g/mol. The smallest absolute Gasteiger partial charge is 0.250 e. The summed E-state index contributed by atoms with van der Waals surface area (Å²) >= 11 is 0. The van der Waals surface area contributed by atoms with Crippen LogP contribution in [-0.4, -0.2) is 56.2 Å². The molecule has 16 heavy (non-hydrogen) atoms. The van der Waals surface area contributed by atoms with Gasteiger partial charge in [0.2, 0.25) is 0 Å². The molecule has 5 nitrogen and oxygen atoms in total. The van der Waals surface area contributed by atoms with E-state index in [0.29, 0.717) is 0 Å². The molecule has 1 aliphatic heterocycles. The van der Waals surface area contributed by atoms with Crippen molar-refractivity contribution in [2.24, 2.45) is 5.73 Å². The summed E-state index contributed by atoms with van der Waals surface area (Å²) in [5.41, 5.74) is 5.44. The maximum absolute atomic E-state index is 11.7. The number of methoxy groups -OCH3 is 1. The topological polar surface area (TPSA) is 67.6 Å². The minimum atomic E-state index is -0.510. The third kappa shape index (κ3) is 3.73. The van der Waals surface area contributed by atoms with Gasteiger partial charge in [0, 0.05) is 32.8 Å². The van der Waals surface area contributed by atoms with Crippen molar-refractivity contribution in [1.82, 2.24) is 10.2 Å². The highest BCUT2D eigenvalue weighted by molar-refractivity contribution is 5.81. The maximum atomic E-state index is 11.7. The highest BCUT2D eigenvalue weighted by atomic mass is 16.5. The predicted molar refractivity (Wildman–Crippen MR) is 63.1 cm³/mol. The lowest BCUT2D eigenvalue weighted by atomic mass is 10.0. The number of ether oxygens (including phenoxy) is 1. The summed E-state index contributed by atoms with van der Waals surface area (Å²) in [6.45, 7) is 5.60. The summed E-state index contributed by atoms with van der Waals surface area (Å²) in [5, 5.41) is 2.99. The number of carbonyl (C=O) groups is 1. The van der Waals surface area contributed by atoms with Gasteiger partial charge in [-0.15, -0.1) is 0 Å². The van der Waals surface area contributed by atoms with E-state index in [0.717, 1.165) is 32.5 Å². The molecule has 1 heterocycles. The molecule has 1 amide bonds. The van der Waals surface area contributed by atoms with Gasteiger partial charge in [-0.05, 0) is 19.4 Å². The molecule has 0 bridgehead atoms. The summed E-state index contributed by atoms with van der Waals surface area (Å²) in [6.07, 6.45) is 1.52. The van der Waals surface area contributed by atoms with Gasteiger partial charge in [0.25, 0.3) is 5.91 Å². The molecule has 0 aromatic heterocycles. The van der Waals surface area contributed by atoms with Gasteiger partial charge in [-0.3, -0.25) is 4.79 Å². The van der Waals surface area contributed by atoms with Gasteiger partial charge >= 0.3 is 0 Å². The van der Waals surface area contributed by atoms with Gasteiger partial charge in [0.05, 0.1) is 0 Å². The average Bonchev–Trinajstić information content (AvgIpc) is 2.31.